The Morgan fingerprint density at radius 2 is 2.00 bits per heavy atom. The van der Waals surface area contributed by atoms with E-state index < -0.39 is 29.7 Å². The van der Waals surface area contributed by atoms with Gasteiger partial charge in [0.1, 0.15) is 12.6 Å². The standard InChI is InChI=1S/C16H11IN2O5S/c17-25-24-7-1-2-9-3-4-10-11(8-9)16(23)19(15(10)22)12-5-6-13(20)18-14(12)21/h3-4,8,12H,5-7H2,(H,18,20,21). The second-order valence-corrected chi connectivity index (χ2v) is 6.77. The number of piperidine rings is 1. The van der Waals surface area contributed by atoms with Crippen LogP contribution in [-0.2, 0) is 13.8 Å². The Morgan fingerprint density at radius 1 is 1.24 bits per heavy atom. The molecular weight excluding hydrogens is 459 g/mol. The van der Waals surface area contributed by atoms with Crippen LogP contribution in [-0.4, -0.2) is 41.2 Å². The number of amides is 4. The topological polar surface area (TPSA) is 92.8 Å². The SMILES string of the molecule is O=C1CCC(N2C(=O)c3ccc(C#CCOSI)cc3C2=O)C(=O)N1. The maximum atomic E-state index is 12.6. The van der Waals surface area contributed by atoms with Gasteiger partial charge in [0.05, 0.1) is 20.3 Å². The Hall–Kier alpha value is -1.90. The maximum absolute atomic E-state index is 12.6. The molecular formula is C16H11IN2O5S. The molecule has 1 N–H and O–H groups in total. The number of imide groups is 2. The smallest absolute Gasteiger partial charge is 0.262 e. The summed E-state index contributed by atoms with van der Waals surface area (Å²) in [5, 5.41) is 2.16. The van der Waals surface area contributed by atoms with Crippen molar-refractivity contribution in [2.45, 2.75) is 18.9 Å². The van der Waals surface area contributed by atoms with E-state index in [-0.39, 0.29) is 30.6 Å². The summed E-state index contributed by atoms with van der Waals surface area (Å²) in [4.78, 5) is 49.3. The zero-order valence-electron chi connectivity index (χ0n) is 12.7. The summed E-state index contributed by atoms with van der Waals surface area (Å²) in [5.41, 5.74) is 1.03. The molecule has 1 atom stereocenters. The second kappa shape index (κ2) is 7.55. The fourth-order valence-corrected chi connectivity index (χ4v) is 3.22. The molecule has 1 fully saturated rings. The number of fused-ring (bicyclic) bond motifs is 1. The van der Waals surface area contributed by atoms with Crippen molar-refractivity contribution in [3.8, 4) is 11.8 Å². The second-order valence-electron chi connectivity index (χ2n) is 5.33. The van der Waals surface area contributed by atoms with Crippen molar-refractivity contribution in [3.05, 3.63) is 34.9 Å². The Bertz CT molecular complexity index is 845. The van der Waals surface area contributed by atoms with E-state index in [9.17, 15) is 19.2 Å². The lowest BCUT2D eigenvalue weighted by Gasteiger charge is -2.27. The van der Waals surface area contributed by atoms with Crippen LogP contribution in [0, 0.1) is 11.8 Å². The summed E-state index contributed by atoms with van der Waals surface area (Å²) in [6, 6.07) is 3.74. The van der Waals surface area contributed by atoms with Gasteiger partial charge in [0.2, 0.25) is 11.8 Å². The summed E-state index contributed by atoms with van der Waals surface area (Å²) in [5.74, 6) is 3.55. The number of rotatable bonds is 3. The molecule has 2 aliphatic heterocycles. The van der Waals surface area contributed by atoms with Gasteiger partial charge in [0.25, 0.3) is 11.8 Å². The van der Waals surface area contributed by atoms with Gasteiger partial charge in [-0.1, -0.05) is 11.8 Å². The molecule has 0 bridgehead atoms. The highest BCUT2D eigenvalue weighted by molar-refractivity contribution is 14.2. The van der Waals surface area contributed by atoms with Crippen molar-refractivity contribution < 1.29 is 23.4 Å². The quantitative estimate of drug-likeness (QED) is 0.237. The van der Waals surface area contributed by atoms with Gasteiger partial charge in [0, 0.05) is 33.2 Å². The first-order valence-electron chi connectivity index (χ1n) is 7.27. The van der Waals surface area contributed by atoms with Crippen LogP contribution in [0.2, 0.25) is 0 Å². The zero-order valence-corrected chi connectivity index (χ0v) is 15.7. The van der Waals surface area contributed by atoms with E-state index in [1.807, 2.05) is 21.2 Å². The molecule has 4 amide bonds. The highest BCUT2D eigenvalue weighted by Gasteiger charge is 2.44. The van der Waals surface area contributed by atoms with Crippen LogP contribution in [0.15, 0.2) is 18.2 Å². The number of carbonyl (C=O) groups excluding carboxylic acids is 4. The molecule has 1 aromatic rings. The third kappa shape index (κ3) is 3.56. The Morgan fingerprint density at radius 3 is 2.72 bits per heavy atom. The molecule has 1 unspecified atom stereocenters. The number of hydrogen-bond donors (Lipinski definition) is 1. The lowest BCUT2D eigenvalue weighted by atomic mass is 10.0. The lowest BCUT2D eigenvalue weighted by molar-refractivity contribution is -0.136. The van der Waals surface area contributed by atoms with Crippen LogP contribution in [0.5, 0.6) is 0 Å². The monoisotopic (exact) mass is 470 g/mol. The third-order valence-corrected chi connectivity index (χ3v) is 4.82. The molecule has 9 heteroatoms. The van der Waals surface area contributed by atoms with Gasteiger partial charge in [0.15, 0.2) is 0 Å². The van der Waals surface area contributed by atoms with Crippen LogP contribution in [0.4, 0.5) is 0 Å². The Kier molecular flexibility index (Phi) is 5.41. The number of benzene rings is 1. The van der Waals surface area contributed by atoms with Crippen molar-refractivity contribution in [2.24, 2.45) is 0 Å². The van der Waals surface area contributed by atoms with Crippen molar-refractivity contribution in [1.82, 2.24) is 10.2 Å². The van der Waals surface area contributed by atoms with E-state index >= 15 is 0 Å². The highest BCUT2D eigenvalue weighted by atomic mass is 127. The van der Waals surface area contributed by atoms with Crippen LogP contribution < -0.4 is 5.32 Å². The molecule has 128 valence electrons. The van der Waals surface area contributed by atoms with Gasteiger partial charge < -0.3 is 0 Å². The fraction of sp³-hybridized carbons (Fsp3) is 0.250. The predicted molar refractivity (Wildman–Crippen MR) is 97.6 cm³/mol. The number of nitrogens with one attached hydrogen (secondary N) is 1. The summed E-state index contributed by atoms with van der Waals surface area (Å²) in [6.07, 6.45) is 0.226. The van der Waals surface area contributed by atoms with E-state index in [0.29, 0.717) is 5.56 Å². The van der Waals surface area contributed by atoms with Gasteiger partial charge in [-0.25, -0.2) is 0 Å². The number of carbonyl (C=O) groups is 4. The van der Waals surface area contributed by atoms with Gasteiger partial charge in [-0.2, -0.15) is 0 Å². The van der Waals surface area contributed by atoms with Crippen LogP contribution in [0.3, 0.4) is 0 Å². The van der Waals surface area contributed by atoms with Gasteiger partial charge in [-0.15, -0.1) is 0 Å². The molecule has 3 rings (SSSR count). The van der Waals surface area contributed by atoms with Crippen molar-refractivity contribution in [3.63, 3.8) is 0 Å². The lowest BCUT2D eigenvalue weighted by Crippen LogP contribution is -2.54. The average Bonchev–Trinajstić information content (AvgIpc) is 2.83. The predicted octanol–water partition coefficient (Wildman–Crippen LogP) is 1.45. The number of nitrogens with zero attached hydrogens (tertiary/aromatic N) is 1. The summed E-state index contributed by atoms with van der Waals surface area (Å²) in [6.45, 7) is 0.236. The molecule has 7 nitrogen and oxygen atoms in total. The molecule has 25 heavy (non-hydrogen) atoms. The van der Waals surface area contributed by atoms with Gasteiger partial charge in [-0.05, 0) is 24.6 Å². The molecule has 2 aliphatic rings. The minimum atomic E-state index is -0.964. The van der Waals surface area contributed by atoms with E-state index in [0.717, 1.165) is 4.90 Å². The Labute approximate surface area is 159 Å². The maximum Gasteiger partial charge on any atom is 0.262 e. The molecule has 0 radical (unpaired) electrons. The van der Waals surface area contributed by atoms with E-state index in [1.54, 1.807) is 6.07 Å². The zero-order chi connectivity index (χ0) is 18.0. The molecule has 1 saturated heterocycles. The van der Waals surface area contributed by atoms with E-state index in [1.165, 1.54) is 21.3 Å². The summed E-state index contributed by atoms with van der Waals surface area (Å²) in [7, 11) is 1.17. The van der Waals surface area contributed by atoms with Crippen molar-refractivity contribution >= 4 is 54.0 Å². The number of halogens is 1. The molecule has 0 aliphatic carbocycles. The van der Waals surface area contributed by atoms with Gasteiger partial charge in [-0.3, -0.25) is 33.6 Å². The van der Waals surface area contributed by atoms with E-state index in [2.05, 4.69) is 17.2 Å². The van der Waals surface area contributed by atoms with Crippen LogP contribution in [0.25, 0.3) is 0 Å². The van der Waals surface area contributed by atoms with Crippen LogP contribution in [0.1, 0.15) is 39.1 Å². The minimum Gasteiger partial charge on any atom is -0.295 e. The Balaban J connectivity index is 1.85. The molecule has 0 saturated carbocycles. The summed E-state index contributed by atoms with van der Waals surface area (Å²) >= 11 is 1.98. The minimum absolute atomic E-state index is 0.0926. The highest BCUT2D eigenvalue weighted by Crippen LogP contribution is 2.28. The van der Waals surface area contributed by atoms with Crippen LogP contribution >= 0.6 is 30.4 Å². The normalized spacial score (nSPS) is 19.4. The van der Waals surface area contributed by atoms with E-state index in [4.69, 9.17) is 4.18 Å². The molecule has 0 aromatic heterocycles. The summed E-state index contributed by atoms with van der Waals surface area (Å²) < 4.78 is 5.03. The van der Waals surface area contributed by atoms with Crippen molar-refractivity contribution in [1.29, 1.82) is 0 Å². The largest absolute Gasteiger partial charge is 0.295 e. The first kappa shape index (κ1) is 17.9. The molecule has 1 aromatic carbocycles. The molecule has 2 heterocycles. The third-order valence-electron chi connectivity index (χ3n) is 3.85. The van der Waals surface area contributed by atoms with Crippen molar-refractivity contribution in [2.75, 3.05) is 6.61 Å². The number of hydrogen-bond acceptors (Lipinski definition) is 6. The molecule has 0 spiro atoms. The van der Waals surface area contributed by atoms with Gasteiger partial charge >= 0.3 is 0 Å². The average molecular weight is 470 g/mol. The fourth-order valence-electron chi connectivity index (χ4n) is 2.74. The first-order valence-corrected chi connectivity index (χ1v) is 10.6. The first-order chi connectivity index (χ1) is 12.0.